The second-order valence-corrected chi connectivity index (χ2v) is 9.83. The summed E-state index contributed by atoms with van der Waals surface area (Å²) >= 11 is 0. The van der Waals surface area contributed by atoms with Crippen LogP contribution in [0.3, 0.4) is 0 Å². The van der Waals surface area contributed by atoms with Crippen molar-refractivity contribution in [1.82, 2.24) is 24.6 Å². The van der Waals surface area contributed by atoms with Crippen LogP contribution in [0.5, 0.6) is 0 Å². The third kappa shape index (κ3) is 2.78. The molecule has 2 aliphatic carbocycles. The van der Waals surface area contributed by atoms with Gasteiger partial charge in [0.2, 0.25) is 10.0 Å². The van der Waals surface area contributed by atoms with E-state index in [0.29, 0.717) is 25.2 Å². The maximum absolute atomic E-state index is 12.5. The molecule has 5 rings (SSSR count). The lowest BCUT2D eigenvalue weighted by Crippen LogP contribution is -2.61. The first-order valence-electron chi connectivity index (χ1n) is 9.27. The van der Waals surface area contributed by atoms with Gasteiger partial charge in [-0.25, -0.2) is 23.1 Å². The van der Waals surface area contributed by atoms with Gasteiger partial charge in [-0.05, 0) is 31.7 Å². The Morgan fingerprint density at radius 1 is 1.27 bits per heavy atom. The standard InChI is InChI=1S/C17H24N6O2S/c1-22(17-15-4-5-18-16(15)19-10-20-17)13-6-11(7-13)21-26(24,25)14-8-23(9-14)12-2-3-12/h4-5,10-14,21H,2-3,6-9H2,1H3,(H,18,19,20). The van der Waals surface area contributed by atoms with Crippen molar-refractivity contribution in [2.75, 3.05) is 25.0 Å². The van der Waals surface area contributed by atoms with Gasteiger partial charge in [0, 0.05) is 44.5 Å². The molecule has 0 atom stereocenters. The number of aromatic nitrogens is 3. The Kier molecular flexibility index (Phi) is 3.74. The minimum absolute atomic E-state index is 0.0333. The molecule has 0 radical (unpaired) electrons. The van der Waals surface area contributed by atoms with Gasteiger partial charge in [-0.2, -0.15) is 0 Å². The van der Waals surface area contributed by atoms with Gasteiger partial charge in [0.05, 0.1) is 5.39 Å². The summed E-state index contributed by atoms with van der Waals surface area (Å²) in [5.41, 5.74) is 0.823. The molecule has 0 spiro atoms. The van der Waals surface area contributed by atoms with Crippen molar-refractivity contribution in [1.29, 1.82) is 0 Å². The molecule has 0 aromatic carbocycles. The summed E-state index contributed by atoms with van der Waals surface area (Å²) in [6.07, 6.45) is 7.50. The van der Waals surface area contributed by atoms with Crippen molar-refractivity contribution in [3.8, 4) is 0 Å². The smallest absolute Gasteiger partial charge is 0.217 e. The van der Waals surface area contributed by atoms with Gasteiger partial charge < -0.3 is 9.88 Å². The number of rotatable bonds is 6. The first kappa shape index (κ1) is 16.5. The first-order valence-corrected chi connectivity index (χ1v) is 10.8. The number of anilines is 1. The molecule has 1 aliphatic heterocycles. The van der Waals surface area contributed by atoms with E-state index in [0.717, 1.165) is 29.7 Å². The van der Waals surface area contributed by atoms with Crippen molar-refractivity contribution in [3.63, 3.8) is 0 Å². The van der Waals surface area contributed by atoms with Crippen LogP contribution in [0.25, 0.3) is 11.0 Å². The molecule has 2 aromatic heterocycles. The maximum atomic E-state index is 12.5. The maximum Gasteiger partial charge on any atom is 0.217 e. The predicted octanol–water partition coefficient (Wildman–Crippen LogP) is 0.691. The van der Waals surface area contributed by atoms with Crippen molar-refractivity contribution in [3.05, 3.63) is 18.6 Å². The fourth-order valence-electron chi connectivity index (χ4n) is 4.05. The molecule has 0 bridgehead atoms. The van der Waals surface area contributed by atoms with Gasteiger partial charge in [-0.15, -0.1) is 0 Å². The average molecular weight is 376 g/mol. The number of fused-ring (bicyclic) bond motifs is 1. The van der Waals surface area contributed by atoms with Crippen LogP contribution in [0.1, 0.15) is 25.7 Å². The van der Waals surface area contributed by atoms with Crippen LogP contribution in [0.15, 0.2) is 18.6 Å². The Morgan fingerprint density at radius 3 is 2.77 bits per heavy atom. The van der Waals surface area contributed by atoms with Crippen molar-refractivity contribution >= 4 is 26.9 Å². The molecule has 3 heterocycles. The lowest BCUT2D eigenvalue weighted by molar-refractivity contribution is 0.173. The molecule has 3 fully saturated rings. The van der Waals surface area contributed by atoms with Gasteiger partial charge in [-0.1, -0.05) is 0 Å². The number of hydrogen-bond acceptors (Lipinski definition) is 6. The van der Waals surface area contributed by atoms with E-state index in [1.807, 2.05) is 19.3 Å². The normalized spacial score (nSPS) is 27.3. The topological polar surface area (TPSA) is 94.2 Å². The molecule has 1 saturated heterocycles. The Hall–Kier alpha value is -1.71. The summed E-state index contributed by atoms with van der Waals surface area (Å²) in [6.45, 7) is 1.39. The summed E-state index contributed by atoms with van der Waals surface area (Å²) in [5, 5.41) is 0.759. The van der Waals surface area contributed by atoms with Crippen LogP contribution in [0, 0.1) is 0 Å². The van der Waals surface area contributed by atoms with E-state index < -0.39 is 10.0 Å². The minimum atomic E-state index is -3.20. The fourth-order valence-corrected chi connectivity index (χ4v) is 5.67. The quantitative estimate of drug-likeness (QED) is 0.770. The molecule has 0 amide bonds. The number of hydrogen-bond donors (Lipinski definition) is 2. The monoisotopic (exact) mass is 376 g/mol. The predicted molar refractivity (Wildman–Crippen MR) is 99.5 cm³/mol. The molecule has 26 heavy (non-hydrogen) atoms. The van der Waals surface area contributed by atoms with E-state index in [4.69, 9.17) is 0 Å². The summed E-state index contributed by atoms with van der Waals surface area (Å²) < 4.78 is 28.0. The molecule has 140 valence electrons. The minimum Gasteiger partial charge on any atom is -0.356 e. The van der Waals surface area contributed by atoms with Gasteiger partial charge in [0.15, 0.2) is 0 Å². The third-order valence-electron chi connectivity index (χ3n) is 6.04. The van der Waals surface area contributed by atoms with Gasteiger partial charge in [0.1, 0.15) is 23.0 Å². The number of nitrogens with zero attached hydrogens (tertiary/aromatic N) is 4. The summed E-state index contributed by atoms with van der Waals surface area (Å²) in [6, 6.07) is 2.95. The zero-order valence-electron chi connectivity index (χ0n) is 14.8. The van der Waals surface area contributed by atoms with E-state index in [9.17, 15) is 8.42 Å². The molecule has 3 aliphatic rings. The first-order chi connectivity index (χ1) is 12.5. The Labute approximate surface area is 153 Å². The molecule has 8 nitrogen and oxygen atoms in total. The number of aromatic amines is 1. The molecular formula is C17H24N6O2S. The van der Waals surface area contributed by atoms with E-state index in [1.54, 1.807) is 6.33 Å². The summed E-state index contributed by atoms with van der Waals surface area (Å²) in [5.74, 6) is 0.890. The van der Waals surface area contributed by atoms with Crippen molar-refractivity contribution < 1.29 is 8.42 Å². The Bertz CT molecular complexity index is 912. The fraction of sp³-hybridized carbons (Fsp3) is 0.647. The second kappa shape index (κ2) is 5.90. The number of nitrogens with one attached hydrogen (secondary N) is 2. The van der Waals surface area contributed by atoms with E-state index >= 15 is 0 Å². The van der Waals surface area contributed by atoms with Gasteiger partial charge in [-0.3, -0.25) is 4.90 Å². The number of H-pyrrole nitrogens is 1. The average Bonchev–Trinajstić information content (AvgIpc) is 3.22. The third-order valence-corrected chi connectivity index (χ3v) is 7.87. The summed E-state index contributed by atoms with van der Waals surface area (Å²) in [4.78, 5) is 16.2. The highest BCUT2D eigenvalue weighted by Crippen LogP contribution is 2.34. The van der Waals surface area contributed by atoms with E-state index in [1.165, 1.54) is 12.8 Å². The highest BCUT2D eigenvalue weighted by atomic mass is 32.2. The SMILES string of the molecule is CN(c1ncnc2[nH]ccc12)C1CC(NS(=O)(=O)C2CN(C3CC3)C2)C1. The molecule has 2 aromatic rings. The zero-order chi connectivity index (χ0) is 17.9. The Balaban J connectivity index is 1.18. The highest BCUT2D eigenvalue weighted by Gasteiger charge is 2.45. The Morgan fingerprint density at radius 2 is 2.04 bits per heavy atom. The van der Waals surface area contributed by atoms with Crippen molar-refractivity contribution in [2.24, 2.45) is 0 Å². The van der Waals surface area contributed by atoms with Crippen LogP contribution >= 0.6 is 0 Å². The zero-order valence-corrected chi connectivity index (χ0v) is 15.6. The van der Waals surface area contributed by atoms with Crippen LogP contribution in [0.2, 0.25) is 0 Å². The van der Waals surface area contributed by atoms with Crippen LogP contribution < -0.4 is 9.62 Å². The van der Waals surface area contributed by atoms with Crippen LogP contribution in [-0.2, 0) is 10.0 Å². The largest absolute Gasteiger partial charge is 0.356 e. The van der Waals surface area contributed by atoms with Crippen molar-refractivity contribution in [2.45, 2.75) is 49.1 Å². The lowest BCUT2D eigenvalue weighted by Gasteiger charge is -2.44. The van der Waals surface area contributed by atoms with E-state index in [-0.39, 0.29) is 11.3 Å². The second-order valence-electron chi connectivity index (χ2n) is 7.84. The number of likely N-dealkylation sites (tertiary alicyclic amines) is 1. The van der Waals surface area contributed by atoms with Gasteiger partial charge >= 0.3 is 0 Å². The lowest BCUT2D eigenvalue weighted by atomic mass is 9.86. The van der Waals surface area contributed by atoms with Gasteiger partial charge in [0.25, 0.3) is 0 Å². The summed E-state index contributed by atoms with van der Waals surface area (Å²) in [7, 11) is -1.19. The highest BCUT2D eigenvalue weighted by molar-refractivity contribution is 7.90. The molecular weight excluding hydrogens is 352 g/mol. The molecule has 2 saturated carbocycles. The number of sulfonamides is 1. The molecule has 2 N–H and O–H groups in total. The molecule has 0 unspecified atom stereocenters. The molecule has 9 heteroatoms. The van der Waals surface area contributed by atoms with E-state index in [2.05, 4.69) is 29.5 Å². The van der Waals surface area contributed by atoms with Crippen LogP contribution in [0.4, 0.5) is 5.82 Å². The van der Waals surface area contributed by atoms with Crippen LogP contribution in [-0.4, -0.2) is 71.8 Å².